The molecule has 0 nitrogen and oxygen atoms in total. The average Bonchev–Trinajstić information content (AvgIpc) is 2.62. The molecule has 0 spiro atoms. The van der Waals surface area contributed by atoms with Gasteiger partial charge in [0.2, 0.25) is 0 Å². The van der Waals surface area contributed by atoms with Gasteiger partial charge in [0, 0.05) is 19.8 Å². The molecule has 0 amide bonds. The smallest absolute Gasteiger partial charge is 0.0175 e. The van der Waals surface area contributed by atoms with E-state index in [1.54, 1.807) is 0 Å². The second-order valence-corrected chi connectivity index (χ2v) is 9.67. The largest absolute Gasteiger partial charge is 0.0579 e. The van der Waals surface area contributed by atoms with Crippen LogP contribution in [-0.2, 0) is 10.8 Å². The van der Waals surface area contributed by atoms with Crippen molar-refractivity contribution in [1.29, 1.82) is 0 Å². The Balaban J connectivity index is 1.92. The Morgan fingerprint density at radius 2 is 0.615 bits per heavy atom. The van der Waals surface area contributed by atoms with E-state index in [0.717, 1.165) is 8.95 Å². The van der Waals surface area contributed by atoms with Crippen LogP contribution in [0.5, 0.6) is 0 Å². The molecule has 0 saturated carbocycles. The molecule has 0 aliphatic carbocycles. The fourth-order valence-electron chi connectivity index (χ4n) is 3.37. The van der Waals surface area contributed by atoms with E-state index in [1.807, 2.05) is 0 Å². The van der Waals surface area contributed by atoms with Crippen molar-refractivity contribution < 1.29 is 0 Å². The maximum atomic E-state index is 3.52. The first-order chi connectivity index (χ1) is 12.2. The molecule has 0 radical (unpaired) electrons. The lowest BCUT2D eigenvalue weighted by atomic mass is 9.75. The summed E-state index contributed by atoms with van der Waals surface area (Å²) in [7, 11) is 0. The molecule has 0 aliphatic heterocycles. The van der Waals surface area contributed by atoms with E-state index in [1.165, 1.54) is 22.3 Å². The van der Waals surface area contributed by atoms with Gasteiger partial charge in [-0.25, -0.2) is 0 Å². The summed E-state index contributed by atoms with van der Waals surface area (Å²) in [6, 6.07) is 26.3. The highest BCUT2D eigenvalue weighted by Gasteiger charge is 2.26. The molecule has 0 saturated heterocycles. The Morgan fingerprint density at radius 3 is 0.846 bits per heavy atom. The Hall–Kier alpha value is -1.38. The van der Waals surface area contributed by atoms with Crippen LogP contribution < -0.4 is 0 Å². The molecule has 3 aromatic carbocycles. The van der Waals surface area contributed by atoms with E-state index >= 15 is 0 Å². The monoisotopic (exact) mass is 470 g/mol. The van der Waals surface area contributed by atoms with Gasteiger partial charge in [-0.15, -0.1) is 0 Å². The Labute approximate surface area is 173 Å². The fourth-order valence-corrected chi connectivity index (χ4v) is 3.90. The molecule has 3 aromatic rings. The molecule has 0 unspecified atom stereocenters. The van der Waals surface area contributed by atoms with E-state index in [2.05, 4.69) is 132 Å². The first-order valence-electron chi connectivity index (χ1n) is 8.84. The number of hydrogen-bond acceptors (Lipinski definition) is 0. The maximum absolute atomic E-state index is 3.52. The minimum Gasteiger partial charge on any atom is -0.0579 e. The predicted octanol–water partition coefficient (Wildman–Crippen LogP) is 7.86. The van der Waals surface area contributed by atoms with Crippen LogP contribution in [0.1, 0.15) is 49.9 Å². The van der Waals surface area contributed by atoms with Crippen LogP contribution in [0.2, 0.25) is 0 Å². The van der Waals surface area contributed by atoms with Gasteiger partial charge in [-0.1, -0.05) is 108 Å². The third-order valence-electron chi connectivity index (χ3n) is 5.46. The lowest BCUT2D eigenvalue weighted by Crippen LogP contribution is -2.21. The van der Waals surface area contributed by atoms with Gasteiger partial charge >= 0.3 is 0 Å². The topological polar surface area (TPSA) is 0 Å². The summed E-state index contributed by atoms with van der Waals surface area (Å²) in [4.78, 5) is 0. The van der Waals surface area contributed by atoms with E-state index in [-0.39, 0.29) is 10.8 Å². The van der Waals surface area contributed by atoms with Crippen LogP contribution in [0.15, 0.2) is 81.7 Å². The molecule has 0 heterocycles. The van der Waals surface area contributed by atoms with Crippen LogP contribution in [0.3, 0.4) is 0 Å². The standard InChI is InChI=1S/C24H24Br2/c1-23(2,19-9-13-21(25)14-10-19)17-5-7-18(8-6-17)24(3,4)20-11-15-22(26)16-12-20/h5-16H,1-4H3. The highest BCUT2D eigenvalue weighted by atomic mass is 79.9. The summed E-state index contributed by atoms with van der Waals surface area (Å²) in [6.07, 6.45) is 0. The van der Waals surface area contributed by atoms with Gasteiger partial charge in [0.25, 0.3) is 0 Å². The first-order valence-corrected chi connectivity index (χ1v) is 10.4. The van der Waals surface area contributed by atoms with Gasteiger partial charge in [0.1, 0.15) is 0 Å². The van der Waals surface area contributed by atoms with Crippen LogP contribution >= 0.6 is 31.9 Å². The first kappa shape index (κ1) is 19.4. The van der Waals surface area contributed by atoms with Gasteiger partial charge in [0.05, 0.1) is 0 Å². The second kappa shape index (κ2) is 7.32. The molecule has 0 fully saturated rings. The average molecular weight is 472 g/mol. The molecular formula is C24H24Br2. The predicted molar refractivity (Wildman–Crippen MR) is 119 cm³/mol. The zero-order chi connectivity index (χ0) is 18.9. The summed E-state index contributed by atoms with van der Waals surface area (Å²) in [5.74, 6) is 0. The van der Waals surface area contributed by atoms with Gasteiger partial charge in [-0.05, 0) is 46.5 Å². The van der Waals surface area contributed by atoms with E-state index in [9.17, 15) is 0 Å². The van der Waals surface area contributed by atoms with E-state index in [4.69, 9.17) is 0 Å². The van der Waals surface area contributed by atoms with Crippen LogP contribution in [0, 0.1) is 0 Å². The molecule has 0 aliphatic rings. The Morgan fingerprint density at radius 1 is 0.423 bits per heavy atom. The highest BCUT2D eigenvalue weighted by molar-refractivity contribution is 9.10. The van der Waals surface area contributed by atoms with Gasteiger partial charge in [-0.3, -0.25) is 0 Å². The zero-order valence-electron chi connectivity index (χ0n) is 15.7. The van der Waals surface area contributed by atoms with Crippen LogP contribution in [0.25, 0.3) is 0 Å². The summed E-state index contributed by atoms with van der Waals surface area (Å²) in [5.41, 5.74) is 5.24. The Kier molecular flexibility index (Phi) is 5.46. The zero-order valence-corrected chi connectivity index (χ0v) is 18.9. The van der Waals surface area contributed by atoms with Crippen LogP contribution in [-0.4, -0.2) is 0 Å². The lowest BCUT2D eigenvalue weighted by molar-refractivity contribution is 0.626. The van der Waals surface area contributed by atoms with Crippen molar-refractivity contribution in [2.75, 3.05) is 0 Å². The number of rotatable bonds is 4. The molecule has 3 rings (SSSR count). The fraction of sp³-hybridized carbons (Fsp3) is 0.250. The van der Waals surface area contributed by atoms with Crippen molar-refractivity contribution in [2.24, 2.45) is 0 Å². The minimum absolute atomic E-state index is 0.0268. The molecule has 0 bridgehead atoms. The number of halogens is 2. The van der Waals surface area contributed by atoms with Crippen molar-refractivity contribution >= 4 is 31.9 Å². The Bertz CT molecular complexity index is 795. The normalized spacial score (nSPS) is 12.2. The molecule has 134 valence electrons. The molecule has 0 aromatic heterocycles. The molecular weight excluding hydrogens is 448 g/mol. The molecule has 0 N–H and O–H groups in total. The number of benzene rings is 3. The van der Waals surface area contributed by atoms with Crippen molar-refractivity contribution in [3.05, 3.63) is 104 Å². The molecule has 26 heavy (non-hydrogen) atoms. The second-order valence-electron chi connectivity index (χ2n) is 7.84. The summed E-state index contributed by atoms with van der Waals surface area (Å²) >= 11 is 7.05. The quantitative estimate of drug-likeness (QED) is 0.363. The van der Waals surface area contributed by atoms with E-state index < -0.39 is 0 Å². The third-order valence-corrected chi connectivity index (χ3v) is 6.52. The van der Waals surface area contributed by atoms with Crippen molar-refractivity contribution in [3.8, 4) is 0 Å². The van der Waals surface area contributed by atoms with Gasteiger partial charge in [-0.2, -0.15) is 0 Å². The SMILES string of the molecule is CC(C)(c1ccc(Br)cc1)c1ccc(C(C)(C)c2ccc(Br)cc2)cc1. The van der Waals surface area contributed by atoms with E-state index in [0.29, 0.717) is 0 Å². The maximum Gasteiger partial charge on any atom is 0.0175 e. The lowest BCUT2D eigenvalue weighted by Gasteiger charge is -2.29. The van der Waals surface area contributed by atoms with Gasteiger partial charge < -0.3 is 0 Å². The molecule has 2 heteroatoms. The van der Waals surface area contributed by atoms with Gasteiger partial charge in [0.15, 0.2) is 0 Å². The molecule has 0 atom stereocenters. The highest BCUT2D eigenvalue weighted by Crippen LogP contribution is 2.36. The minimum atomic E-state index is -0.0268. The summed E-state index contributed by atoms with van der Waals surface area (Å²) in [6.45, 7) is 9.13. The number of hydrogen-bond donors (Lipinski definition) is 0. The van der Waals surface area contributed by atoms with Crippen molar-refractivity contribution in [3.63, 3.8) is 0 Å². The summed E-state index contributed by atoms with van der Waals surface area (Å²) < 4.78 is 2.23. The summed E-state index contributed by atoms with van der Waals surface area (Å²) in [5, 5.41) is 0. The third kappa shape index (κ3) is 3.82. The van der Waals surface area contributed by atoms with Crippen molar-refractivity contribution in [2.45, 2.75) is 38.5 Å². The van der Waals surface area contributed by atoms with Crippen molar-refractivity contribution in [1.82, 2.24) is 0 Å². The van der Waals surface area contributed by atoms with Crippen LogP contribution in [0.4, 0.5) is 0 Å².